The van der Waals surface area contributed by atoms with E-state index in [4.69, 9.17) is 11.6 Å². The van der Waals surface area contributed by atoms with Crippen molar-refractivity contribution in [2.24, 2.45) is 0 Å². The Bertz CT molecular complexity index is 576. The molecule has 0 atom stereocenters. The van der Waals surface area contributed by atoms with Gasteiger partial charge in [0.15, 0.2) is 0 Å². The van der Waals surface area contributed by atoms with E-state index in [2.05, 4.69) is 5.32 Å². The van der Waals surface area contributed by atoms with Crippen molar-refractivity contribution in [2.75, 3.05) is 14.1 Å². The first kappa shape index (κ1) is 14.4. The zero-order valence-corrected chi connectivity index (χ0v) is 12.3. The van der Waals surface area contributed by atoms with Gasteiger partial charge in [0, 0.05) is 25.7 Å². The van der Waals surface area contributed by atoms with Gasteiger partial charge in [0.05, 0.1) is 0 Å². The van der Waals surface area contributed by atoms with Gasteiger partial charge in [-0.15, -0.1) is 0 Å². The molecule has 0 spiro atoms. The molecule has 0 aromatic heterocycles. The van der Waals surface area contributed by atoms with Crippen LogP contribution < -0.4 is 5.32 Å². The van der Waals surface area contributed by atoms with E-state index in [1.165, 1.54) is 4.90 Å². The molecule has 104 valence electrons. The molecule has 0 radical (unpaired) electrons. The summed E-state index contributed by atoms with van der Waals surface area (Å²) in [6, 6.07) is 15.8. The molecular formula is C16H17ClN2O. The van der Waals surface area contributed by atoms with E-state index >= 15 is 0 Å². The van der Waals surface area contributed by atoms with Crippen LogP contribution in [0.15, 0.2) is 48.5 Å². The minimum atomic E-state index is -0.0909. The lowest BCUT2D eigenvalue weighted by Gasteiger charge is -2.12. The Morgan fingerprint density at radius 1 is 1.00 bits per heavy atom. The third-order valence-corrected chi connectivity index (χ3v) is 3.23. The molecule has 4 heteroatoms. The number of urea groups is 1. The van der Waals surface area contributed by atoms with E-state index in [-0.39, 0.29) is 6.03 Å². The monoisotopic (exact) mass is 288 g/mol. The Balaban J connectivity index is 2.03. The molecule has 0 heterocycles. The van der Waals surface area contributed by atoms with Crippen LogP contribution in [0.25, 0.3) is 11.1 Å². The zero-order chi connectivity index (χ0) is 14.5. The highest BCUT2D eigenvalue weighted by atomic mass is 35.5. The molecule has 0 fully saturated rings. The first-order valence-corrected chi connectivity index (χ1v) is 6.74. The smallest absolute Gasteiger partial charge is 0.317 e. The van der Waals surface area contributed by atoms with Gasteiger partial charge < -0.3 is 10.2 Å². The Morgan fingerprint density at radius 2 is 1.50 bits per heavy atom. The van der Waals surface area contributed by atoms with Crippen molar-refractivity contribution in [1.29, 1.82) is 0 Å². The number of benzene rings is 2. The van der Waals surface area contributed by atoms with Gasteiger partial charge in [0.2, 0.25) is 0 Å². The lowest BCUT2D eigenvalue weighted by atomic mass is 10.0. The van der Waals surface area contributed by atoms with Crippen molar-refractivity contribution in [3.63, 3.8) is 0 Å². The Labute approximate surface area is 124 Å². The average molecular weight is 289 g/mol. The lowest BCUT2D eigenvalue weighted by molar-refractivity contribution is 0.217. The molecule has 2 amide bonds. The second-order valence-electron chi connectivity index (χ2n) is 4.76. The first-order chi connectivity index (χ1) is 9.56. The maximum Gasteiger partial charge on any atom is 0.317 e. The standard InChI is InChI=1S/C16H17ClN2O/c1-19(2)16(20)18-11-12-3-5-13(6-4-12)14-7-9-15(17)10-8-14/h3-10H,11H2,1-2H3,(H,18,20). The van der Waals surface area contributed by atoms with Gasteiger partial charge in [-0.3, -0.25) is 0 Å². The van der Waals surface area contributed by atoms with Crippen LogP contribution in [0, 0.1) is 0 Å². The molecule has 2 aromatic rings. The molecule has 0 saturated heterocycles. The van der Waals surface area contributed by atoms with Gasteiger partial charge in [-0.2, -0.15) is 0 Å². The molecule has 0 aliphatic rings. The van der Waals surface area contributed by atoms with Gasteiger partial charge in [0.25, 0.3) is 0 Å². The second-order valence-corrected chi connectivity index (χ2v) is 5.19. The van der Waals surface area contributed by atoms with E-state index in [1.807, 2.05) is 48.5 Å². The Morgan fingerprint density at radius 3 is 2.00 bits per heavy atom. The summed E-state index contributed by atoms with van der Waals surface area (Å²) >= 11 is 5.88. The zero-order valence-electron chi connectivity index (χ0n) is 11.6. The molecule has 0 aliphatic carbocycles. The fraction of sp³-hybridized carbons (Fsp3) is 0.188. The average Bonchev–Trinajstić information content (AvgIpc) is 2.46. The third-order valence-electron chi connectivity index (χ3n) is 2.98. The summed E-state index contributed by atoms with van der Waals surface area (Å²) in [6.07, 6.45) is 0. The summed E-state index contributed by atoms with van der Waals surface area (Å²) in [7, 11) is 3.44. The van der Waals surface area contributed by atoms with Crippen LogP contribution in [0.4, 0.5) is 4.79 Å². The number of hydrogen-bond acceptors (Lipinski definition) is 1. The normalized spacial score (nSPS) is 10.2. The summed E-state index contributed by atoms with van der Waals surface area (Å²) in [4.78, 5) is 13.0. The first-order valence-electron chi connectivity index (χ1n) is 6.36. The molecule has 2 aromatic carbocycles. The SMILES string of the molecule is CN(C)C(=O)NCc1ccc(-c2ccc(Cl)cc2)cc1. The van der Waals surface area contributed by atoms with Crippen LogP contribution >= 0.6 is 11.6 Å². The Hall–Kier alpha value is -2.00. The summed E-state index contributed by atoms with van der Waals surface area (Å²) in [5.74, 6) is 0. The van der Waals surface area contributed by atoms with Crippen molar-refractivity contribution in [2.45, 2.75) is 6.54 Å². The summed E-state index contributed by atoms with van der Waals surface area (Å²) in [6.45, 7) is 0.526. The van der Waals surface area contributed by atoms with Gasteiger partial charge in [-0.25, -0.2) is 4.79 Å². The molecule has 0 unspecified atom stereocenters. The maximum atomic E-state index is 11.4. The number of hydrogen-bond donors (Lipinski definition) is 1. The fourth-order valence-corrected chi connectivity index (χ4v) is 1.92. The predicted octanol–water partition coefficient (Wildman–Crippen LogP) is 3.78. The molecule has 20 heavy (non-hydrogen) atoms. The van der Waals surface area contributed by atoms with Crippen molar-refractivity contribution >= 4 is 17.6 Å². The van der Waals surface area contributed by atoms with Gasteiger partial charge in [-0.05, 0) is 28.8 Å². The van der Waals surface area contributed by atoms with E-state index in [0.717, 1.165) is 21.7 Å². The summed E-state index contributed by atoms with van der Waals surface area (Å²) < 4.78 is 0. The van der Waals surface area contributed by atoms with Crippen LogP contribution in [0.3, 0.4) is 0 Å². The van der Waals surface area contributed by atoms with Crippen molar-refractivity contribution in [3.8, 4) is 11.1 Å². The molecule has 3 nitrogen and oxygen atoms in total. The maximum absolute atomic E-state index is 11.4. The van der Waals surface area contributed by atoms with Gasteiger partial charge in [-0.1, -0.05) is 48.0 Å². The highest BCUT2D eigenvalue weighted by Gasteiger charge is 2.03. The van der Waals surface area contributed by atoms with Crippen LogP contribution in [-0.4, -0.2) is 25.0 Å². The lowest BCUT2D eigenvalue weighted by Crippen LogP contribution is -2.33. The van der Waals surface area contributed by atoms with Crippen molar-refractivity contribution in [1.82, 2.24) is 10.2 Å². The van der Waals surface area contributed by atoms with Crippen LogP contribution in [0.1, 0.15) is 5.56 Å². The van der Waals surface area contributed by atoms with Crippen LogP contribution in [0.5, 0.6) is 0 Å². The van der Waals surface area contributed by atoms with E-state index in [1.54, 1.807) is 14.1 Å². The highest BCUT2D eigenvalue weighted by molar-refractivity contribution is 6.30. The number of halogens is 1. The number of rotatable bonds is 3. The molecular weight excluding hydrogens is 272 g/mol. The quantitative estimate of drug-likeness (QED) is 0.916. The van der Waals surface area contributed by atoms with E-state index < -0.39 is 0 Å². The van der Waals surface area contributed by atoms with E-state index in [0.29, 0.717) is 6.54 Å². The van der Waals surface area contributed by atoms with E-state index in [9.17, 15) is 4.79 Å². The molecule has 0 aliphatic heterocycles. The van der Waals surface area contributed by atoms with Crippen molar-refractivity contribution in [3.05, 3.63) is 59.1 Å². The largest absolute Gasteiger partial charge is 0.334 e. The third kappa shape index (κ3) is 3.75. The second kappa shape index (κ2) is 6.44. The minimum Gasteiger partial charge on any atom is -0.334 e. The summed E-state index contributed by atoms with van der Waals surface area (Å²) in [5.41, 5.74) is 3.32. The topological polar surface area (TPSA) is 32.3 Å². The Kier molecular flexibility index (Phi) is 4.64. The van der Waals surface area contributed by atoms with Crippen molar-refractivity contribution < 1.29 is 4.79 Å². The predicted molar refractivity (Wildman–Crippen MR) is 82.8 cm³/mol. The number of carbonyl (C=O) groups excluding carboxylic acids is 1. The van der Waals surface area contributed by atoms with Crippen LogP contribution in [-0.2, 0) is 6.54 Å². The number of amides is 2. The van der Waals surface area contributed by atoms with Crippen LogP contribution in [0.2, 0.25) is 5.02 Å². The molecule has 0 saturated carbocycles. The fourth-order valence-electron chi connectivity index (χ4n) is 1.79. The minimum absolute atomic E-state index is 0.0909. The molecule has 1 N–H and O–H groups in total. The van der Waals surface area contributed by atoms with Gasteiger partial charge in [0.1, 0.15) is 0 Å². The molecule has 2 rings (SSSR count). The number of carbonyl (C=O) groups is 1. The number of nitrogens with one attached hydrogen (secondary N) is 1. The van der Waals surface area contributed by atoms with Gasteiger partial charge >= 0.3 is 6.03 Å². The number of nitrogens with zero attached hydrogens (tertiary/aromatic N) is 1. The molecule has 0 bridgehead atoms. The highest BCUT2D eigenvalue weighted by Crippen LogP contribution is 2.21. The summed E-state index contributed by atoms with van der Waals surface area (Å²) in [5, 5.41) is 3.57.